The molecule has 2 aromatic rings. The van der Waals surface area contributed by atoms with E-state index >= 15 is 0 Å². The van der Waals surface area contributed by atoms with E-state index in [1.165, 1.54) is 7.11 Å². The lowest BCUT2D eigenvalue weighted by Gasteiger charge is -2.33. The van der Waals surface area contributed by atoms with Gasteiger partial charge in [-0.2, -0.15) is 5.26 Å². The molecule has 3 heterocycles. The van der Waals surface area contributed by atoms with Crippen LogP contribution in [0.4, 0.5) is 4.79 Å². The molecule has 2 atom stereocenters. The number of ether oxygens (including phenoxy) is 4. The predicted molar refractivity (Wildman–Crippen MR) is 125 cm³/mol. The number of nitriles is 1. The maximum Gasteiger partial charge on any atom is 0.415 e. The van der Waals surface area contributed by atoms with Crippen molar-refractivity contribution in [1.82, 2.24) is 4.90 Å². The molecule has 0 saturated carbocycles. The van der Waals surface area contributed by atoms with Crippen LogP contribution in [0.25, 0.3) is 0 Å². The molecule has 0 radical (unpaired) electrons. The lowest BCUT2D eigenvalue weighted by atomic mass is 9.74. The fourth-order valence-electron chi connectivity index (χ4n) is 4.82. The van der Waals surface area contributed by atoms with Crippen molar-refractivity contribution in [1.29, 1.82) is 5.26 Å². The maximum absolute atomic E-state index is 13.4. The average molecular weight is 492 g/mol. The molecule has 5 rings (SSSR count). The minimum Gasteiger partial charge on any atom is -0.493 e. The standard InChI is InChI=1S/C26H25N3O7/c1-32-20-5-4-15(12-21(20)36-26(31)29-6-9-33-10-7-29)23-17(14-27)25(28)35-22-13-16(11-18(30)24(22)23)19-3-2-8-34-19/h2-5,8,12,16,23H,6-7,9-11,13,28H2,1H3/t16-,23+/m1/s1. The zero-order chi connectivity index (χ0) is 25.2. The molecule has 3 aliphatic rings. The number of allylic oxidation sites excluding steroid dienone is 3. The Hall–Kier alpha value is -4.23. The highest BCUT2D eigenvalue weighted by atomic mass is 16.6. The fraction of sp³-hybridized carbons (Fsp3) is 0.346. The fourth-order valence-corrected chi connectivity index (χ4v) is 4.82. The second-order valence-electron chi connectivity index (χ2n) is 8.68. The van der Waals surface area contributed by atoms with Crippen LogP contribution in [-0.2, 0) is 14.3 Å². The smallest absolute Gasteiger partial charge is 0.415 e. The highest BCUT2D eigenvalue weighted by Crippen LogP contribution is 2.47. The van der Waals surface area contributed by atoms with Crippen molar-refractivity contribution in [3.63, 3.8) is 0 Å². The van der Waals surface area contributed by atoms with E-state index in [1.54, 1.807) is 35.4 Å². The summed E-state index contributed by atoms with van der Waals surface area (Å²) >= 11 is 0. The number of methoxy groups -OCH3 is 1. The minimum atomic E-state index is -0.768. The highest BCUT2D eigenvalue weighted by Gasteiger charge is 2.41. The molecular formula is C26H25N3O7. The van der Waals surface area contributed by atoms with Gasteiger partial charge in [0.15, 0.2) is 17.3 Å². The van der Waals surface area contributed by atoms with Crippen LogP contribution in [-0.4, -0.2) is 50.2 Å². The van der Waals surface area contributed by atoms with E-state index in [2.05, 4.69) is 6.07 Å². The van der Waals surface area contributed by atoms with Gasteiger partial charge in [-0.3, -0.25) is 4.79 Å². The summed E-state index contributed by atoms with van der Waals surface area (Å²) in [7, 11) is 1.47. The third-order valence-electron chi connectivity index (χ3n) is 6.59. The number of carbonyl (C=O) groups is 2. The van der Waals surface area contributed by atoms with Gasteiger partial charge in [0.25, 0.3) is 0 Å². The monoisotopic (exact) mass is 491 g/mol. The number of amides is 1. The second kappa shape index (κ2) is 9.79. The Kier molecular flexibility index (Phi) is 6.40. The lowest BCUT2D eigenvalue weighted by molar-refractivity contribution is -0.117. The van der Waals surface area contributed by atoms with Crippen LogP contribution < -0.4 is 15.2 Å². The number of ketones is 1. The molecule has 1 aliphatic carbocycles. The molecule has 0 bridgehead atoms. The molecule has 1 saturated heterocycles. The Balaban J connectivity index is 1.51. The van der Waals surface area contributed by atoms with Crippen molar-refractivity contribution in [2.45, 2.75) is 24.7 Å². The largest absolute Gasteiger partial charge is 0.493 e. The van der Waals surface area contributed by atoms with Gasteiger partial charge < -0.3 is 34.0 Å². The van der Waals surface area contributed by atoms with E-state index in [0.29, 0.717) is 61.1 Å². The Morgan fingerprint density at radius 2 is 2.00 bits per heavy atom. The lowest BCUT2D eigenvalue weighted by Crippen LogP contribution is -2.42. The first-order valence-electron chi connectivity index (χ1n) is 11.6. The number of nitrogens with two attached hydrogens (primary N) is 1. The first-order valence-corrected chi connectivity index (χ1v) is 11.6. The number of hydrogen-bond acceptors (Lipinski definition) is 9. The van der Waals surface area contributed by atoms with Gasteiger partial charge in [0, 0.05) is 37.4 Å². The maximum atomic E-state index is 13.4. The van der Waals surface area contributed by atoms with E-state index < -0.39 is 12.0 Å². The summed E-state index contributed by atoms with van der Waals surface area (Å²) in [6.07, 6.45) is 1.64. The number of morpholine rings is 1. The molecule has 2 N–H and O–H groups in total. The summed E-state index contributed by atoms with van der Waals surface area (Å²) in [4.78, 5) is 27.7. The molecule has 1 aromatic heterocycles. The summed E-state index contributed by atoms with van der Waals surface area (Å²) in [6, 6.07) is 10.7. The number of Topliss-reactive ketones (excluding diaryl/α,β-unsaturated/α-hetero) is 1. The van der Waals surface area contributed by atoms with Gasteiger partial charge in [0.1, 0.15) is 23.2 Å². The topological polar surface area (TPSA) is 137 Å². The van der Waals surface area contributed by atoms with Crippen LogP contribution in [0.15, 0.2) is 63.8 Å². The Morgan fingerprint density at radius 3 is 2.69 bits per heavy atom. The SMILES string of the molecule is COc1ccc([C@H]2C(C#N)=C(N)OC3=C2C(=O)C[C@@H](c2ccco2)C3)cc1OC(=O)N1CCOCC1. The number of hydrogen-bond donors (Lipinski definition) is 1. The first-order chi connectivity index (χ1) is 17.5. The molecule has 0 spiro atoms. The van der Waals surface area contributed by atoms with Gasteiger partial charge in [-0.15, -0.1) is 0 Å². The van der Waals surface area contributed by atoms with Crippen molar-refractivity contribution in [2.75, 3.05) is 33.4 Å². The molecule has 10 nitrogen and oxygen atoms in total. The summed E-state index contributed by atoms with van der Waals surface area (Å²) in [6.45, 7) is 1.70. The van der Waals surface area contributed by atoms with Crippen LogP contribution >= 0.6 is 0 Å². The first kappa shape index (κ1) is 23.5. The molecule has 2 aliphatic heterocycles. The summed E-state index contributed by atoms with van der Waals surface area (Å²) < 4.78 is 27.6. The van der Waals surface area contributed by atoms with Crippen LogP contribution in [0.2, 0.25) is 0 Å². The van der Waals surface area contributed by atoms with Gasteiger partial charge >= 0.3 is 6.09 Å². The van der Waals surface area contributed by atoms with E-state index in [-0.39, 0.29) is 35.3 Å². The second-order valence-corrected chi connectivity index (χ2v) is 8.68. The van der Waals surface area contributed by atoms with Crippen molar-refractivity contribution in [3.05, 3.63) is 70.7 Å². The van der Waals surface area contributed by atoms with Gasteiger partial charge in [-0.05, 0) is 29.8 Å². The van der Waals surface area contributed by atoms with Crippen molar-refractivity contribution >= 4 is 11.9 Å². The Morgan fingerprint density at radius 1 is 1.19 bits per heavy atom. The van der Waals surface area contributed by atoms with Gasteiger partial charge in [0.05, 0.1) is 32.5 Å². The molecule has 0 unspecified atom stereocenters. The zero-order valence-electron chi connectivity index (χ0n) is 19.7. The normalized spacial score (nSPS) is 22.0. The zero-order valence-corrected chi connectivity index (χ0v) is 19.7. The number of nitrogens with zero attached hydrogens (tertiary/aromatic N) is 2. The quantitative estimate of drug-likeness (QED) is 0.682. The molecule has 1 fully saturated rings. The Bertz CT molecular complexity index is 1280. The van der Waals surface area contributed by atoms with E-state index in [0.717, 1.165) is 0 Å². The molecule has 10 heteroatoms. The minimum absolute atomic E-state index is 0.0585. The van der Waals surface area contributed by atoms with Gasteiger partial charge in [0.2, 0.25) is 5.88 Å². The highest BCUT2D eigenvalue weighted by molar-refractivity contribution is 6.00. The van der Waals surface area contributed by atoms with Crippen LogP contribution in [0.1, 0.15) is 36.0 Å². The van der Waals surface area contributed by atoms with Gasteiger partial charge in [-0.1, -0.05) is 6.07 Å². The summed E-state index contributed by atoms with van der Waals surface area (Å²) in [5.41, 5.74) is 7.19. The van der Waals surface area contributed by atoms with Crippen LogP contribution in [0.5, 0.6) is 11.5 Å². The number of furan rings is 1. The van der Waals surface area contributed by atoms with Crippen LogP contribution in [0.3, 0.4) is 0 Å². The summed E-state index contributed by atoms with van der Waals surface area (Å²) in [5.74, 6) is 0.433. The van der Waals surface area contributed by atoms with E-state index in [9.17, 15) is 14.9 Å². The van der Waals surface area contributed by atoms with Crippen molar-refractivity contribution in [3.8, 4) is 17.6 Å². The third kappa shape index (κ3) is 4.29. The molecule has 1 aromatic carbocycles. The average Bonchev–Trinajstić information content (AvgIpc) is 3.43. The van der Waals surface area contributed by atoms with Crippen molar-refractivity contribution in [2.24, 2.45) is 5.73 Å². The molecular weight excluding hydrogens is 466 g/mol. The molecule has 1 amide bonds. The number of benzene rings is 1. The Labute approximate surface area is 207 Å². The van der Waals surface area contributed by atoms with Gasteiger partial charge in [-0.25, -0.2) is 4.79 Å². The van der Waals surface area contributed by atoms with Crippen LogP contribution in [0, 0.1) is 11.3 Å². The van der Waals surface area contributed by atoms with E-state index in [4.69, 9.17) is 29.1 Å². The number of carbonyl (C=O) groups excluding carboxylic acids is 2. The molecule has 36 heavy (non-hydrogen) atoms. The van der Waals surface area contributed by atoms with E-state index in [1.807, 2.05) is 6.07 Å². The predicted octanol–water partition coefficient (Wildman–Crippen LogP) is 3.33. The third-order valence-corrected chi connectivity index (χ3v) is 6.59. The summed E-state index contributed by atoms with van der Waals surface area (Å²) in [5, 5.41) is 9.91. The van der Waals surface area contributed by atoms with Crippen molar-refractivity contribution < 1.29 is 33.0 Å². The molecule has 186 valence electrons. The number of rotatable bonds is 4.